The number of aromatic nitrogens is 3. The van der Waals surface area contributed by atoms with Crippen LogP contribution in [0.15, 0.2) is 97.7 Å². The van der Waals surface area contributed by atoms with Gasteiger partial charge in [-0.05, 0) is 41.8 Å². The van der Waals surface area contributed by atoms with E-state index in [-0.39, 0.29) is 11.9 Å². The molecular weight excluding hydrogens is 470 g/mol. The van der Waals surface area contributed by atoms with E-state index in [1.165, 1.54) is 10.9 Å². The summed E-state index contributed by atoms with van der Waals surface area (Å²) in [6, 6.07) is 25.3. The van der Waals surface area contributed by atoms with E-state index in [2.05, 4.69) is 112 Å². The van der Waals surface area contributed by atoms with Gasteiger partial charge in [-0.15, -0.1) is 0 Å². The maximum atomic E-state index is 14.0. The Labute approximate surface area is 223 Å². The van der Waals surface area contributed by atoms with Gasteiger partial charge < -0.3 is 19.4 Å². The van der Waals surface area contributed by atoms with Gasteiger partial charge in [0, 0.05) is 44.1 Å². The molecule has 6 heteroatoms. The molecule has 1 fully saturated rings. The first-order valence-corrected chi connectivity index (χ1v) is 13.4. The predicted molar refractivity (Wildman–Crippen MR) is 152 cm³/mol. The molecule has 1 amide bonds. The highest BCUT2D eigenvalue weighted by atomic mass is 16.2. The number of likely N-dealkylation sites (N-methyl/N-ethyl adjacent to an activating group) is 1. The maximum Gasteiger partial charge on any atom is 0.256 e. The van der Waals surface area contributed by atoms with E-state index in [0.717, 1.165) is 66.8 Å². The minimum atomic E-state index is 0.0282. The number of aryl methyl sites for hydroxylation is 1. The Hall–Kier alpha value is -4.16. The maximum absolute atomic E-state index is 14.0. The molecule has 38 heavy (non-hydrogen) atoms. The summed E-state index contributed by atoms with van der Waals surface area (Å²) >= 11 is 0. The standard InChI is InChI=1S/C32H33N5O/c1-35-16-18-36(19-17-35)32(38)29-22-37(21-28(29)27-13-7-11-25-10-5-6-12-26(25)27)31(30-20-33-23-34-30)15-14-24-8-3-2-4-9-24/h2-13,20-23,31H,14-19H2,1H3,(H,33,34). The number of imidazole rings is 1. The first-order chi connectivity index (χ1) is 18.7. The number of carbonyl (C=O) groups is 1. The number of rotatable bonds is 7. The van der Waals surface area contributed by atoms with E-state index in [0.29, 0.717) is 0 Å². The third-order valence-electron chi connectivity index (χ3n) is 7.73. The van der Waals surface area contributed by atoms with Crippen LogP contribution in [0.4, 0.5) is 0 Å². The Kier molecular flexibility index (Phi) is 6.80. The summed E-state index contributed by atoms with van der Waals surface area (Å²) in [7, 11) is 2.11. The zero-order chi connectivity index (χ0) is 25.9. The number of H-pyrrole nitrogens is 1. The lowest BCUT2D eigenvalue weighted by atomic mass is 9.97. The second-order valence-corrected chi connectivity index (χ2v) is 10.2. The first-order valence-electron chi connectivity index (χ1n) is 13.4. The van der Waals surface area contributed by atoms with Crippen LogP contribution in [0.25, 0.3) is 21.9 Å². The van der Waals surface area contributed by atoms with E-state index in [1.54, 1.807) is 6.33 Å². The summed E-state index contributed by atoms with van der Waals surface area (Å²) in [4.78, 5) is 25.9. The number of carbonyl (C=O) groups excluding carboxylic acids is 1. The molecule has 0 radical (unpaired) electrons. The molecule has 0 saturated carbocycles. The van der Waals surface area contributed by atoms with Crippen LogP contribution in [-0.2, 0) is 6.42 Å². The first kappa shape index (κ1) is 24.2. The minimum Gasteiger partial charge on any atom is -0.347 e. The van der Waals surface area contributed by atoms with Crippen LogP contribution in [-0.4, -0.2) is 63.5 Å². The summed E-state index contributed by atoms with van der Waals surface area (Å²) in [5.74, 6) is 0.103. The summed E-state index contributed by atoms with van der Waals surface area (Å²) in [5, 5.41) is 2.33. The summed E-state index contributed by atoms with van der Waals surface area (Å²) < 4.78 is 2.22. The zero-order valence-corrected chi connectivity index (χ0v) is 21.8. The second kappa shape index (κ2) is 10.7. The molecule has 1 aliphatic rings. The Morgan fingerprint density at radius 1 is 0.895 bits per heavy atom. The third kappa shape index (κ3) is 4.87. The van der Waals surface area contributed by atoms with Crippen molar-refractivity contribution < 1.29 is 4.79 Å². The predicted octanol–water partition coefficient (Wildman–Crippen LogP) is 5.64. The van der Waals surface area contributed by atoms with E-state index < -0.39 is 0 Å². The van der Waals surface area contributed by atoms with Gasteiger partial charge in [0.05, 0.1) is 29.8 Å². The molecule has 0 aliphatic carbocycles. The molecule has 192 valence electrons. The van der Waals surface area contributed by atoms with Gasteiger partial charge in [-0.2, -0.15) is 0 Å². The number of aromatic amines is 1. The largest absolute Gasteiger partial charge is 0.347 e. The monoisotopic (exact) mass is 503 g/mol. The van der Waals surface area contributed by atoms with Crippen molar-refractivity contribution in [1.29, 1.82) is 0 Å². The van der Waals surface area contributed by atoms with Gasteiger partial charge >= 0.3 is 0 Å². The molecule has 0 bridgehead atoms. The Morgan fingerprint density at radius 3 is 2.45 bits per heavy atom. The third-order valence-corrected chi connectivity index (χ3v) is 7.73. The molecule has 3 heterocycles. The molecule has 6 nitrogen and oxygen atoms in total. The smallest absolute Gasteiger partial charge is 0.256 e. The highest BCUT2D eigenvalue weighted by Crippen LogP contribution is 2.35. The molecule has 0 spiro atoms. The van der Waals surface area contributed by atoms with Crippen molar-refractivity contribution in [3.05, 3.63) is 115 Å². The number of hydrogen-bond acceptors (Lipinski definition) is 3. The zero-order valence-electron chi connectivity index (χ0n) is 21.8. The Morgan fingerprint density at radius 2 is 1.66 bits per heavy atom. The fraction of sp³-hybridized carbons (Fsp3) is 0.250. The average Bonchev–Trinajstić information content (AvgIpc) is 3.65. The van der Waals surface area contributed by atoms with Crippen molar-refractivity contribution in [2.45, 2.75) is 18.9 Å². The van der Waals surface area contributed by atoms with Crippen LogP contribution in [0, 0.1) is 0 Å². The molecule has 1 unspecified atom stereocenters. The van der Waals surface area contributed by atoms with Gasteiger partial charge in [-0.1, -0.05) is 72.8 Å². The lowest BCUT2D eigenvalue weighted by Crippen LogP contribution is -2.47. The minimum absolute atomic E-state index is 0.0282. The lowest BCUT2D eigenvalue weighted by Gasteiger charge is -2.32. The molecule has 2 aromatic heterocycles. The van der Waals surface area contributed by atoms with Crippen molar-refractivity contribution in [1.82, 2.24) is 24.3 Å². The summed E-state index contributed by atoms with van der Waals surface area (Å²) in [6.45, 7) is 3.27. The number of nitrogens with zero attached hydrogens (tertiary/aromatic N) is 4. The van der Waals surface area contributed by atoms with Crippen molar-refractivity contribution in [3.8, 4) is 11.1 Å². The van der Waals surface area contributed by atoms with Crippen molar-refractivity contribution in [3.63, 3.8) is 0 Å². The number of nitrogens with one attached hydrogen (secondary N) is 1. The Balaban J connectivity index is 1.44. The normalized spacial score (nSPS) is 15.1. The Bertz CT molecular complexity index is 1510. The van der Waals surface area contributed by atoms with Crippen LogP contribution in [0.5, 0.6) is 0 Å². The van der Waals surface area contributed by atoms with Gasteiger partial charge in [-0.3, -0.25) is 4.79 Å². The fourth-order valence-corrected chi connectivity index (χ4v) is 5.54. The molecule has 1 atom stereocenters. The highest BCUT2D eigenvalue weighted by Gasteiger charge is 2.27. The van der Waals surface area contributed by atoms with Crippen LogP contribution in [0.1, 0.15) is 34.1 Å². The van der Waals surface area contributed by atoms with Gasteiger partial charge in [0.25, 0.3) is 5.91 Å². The number of piperazine rings is 1. The molecule has 6 rings (SSSR count). The van der Waals surface area contributed by atoms with Gasteiger partial charge in [-0.25, -0.2) is 4.98 Å². The molecule has 1 N–H and O–H groups in total. The number of amides is 1. The van der Waals surface area contributed by atoms with Crippen molar-refractivity contribution >= 4 is 16.7 Å². The van der Waals surface area contributed by atoms with E-state index in [1.807, 2.05) is 11.1 Å². The SMILES string of the molecule is CN1CCN(C(=O)c2cn(C(CCc3ccccc3)c3cnc[nH]3)cc2-c2cccc3ccccc23)CC1. The number of fused-ring (bicyclic) bond motifs is 1. The molecule has 3 aromatic carbocycles. The van der Waals surface area contributed by atoms with Crippen LogP contribution >= 0.6 is 0 Å². The highest BCUT2D eigenvalue weighted by molar-refractivity contribution is 6.06. The van der Waals surface area contributed by atoms with Crippen LogP contribution < -0.4 is 0 Å². The van der Waals surface area contributed by atoms with Gasteiger partial charge in [0.1, 0.15) is 0 Å². The van der Waals surface area contributed by atoms with Crippen molar-refractivity contribution in [2.75, 3.05) is 33.2 Å². The molecular formula is C32H33N5O. The fourth-order valence-electron chi connectivity index (χ4n) is 5.54. The molecule has 5 aromatic rings. The van der Waals surface area contributed by atoms with E-state index in [9.17, 15) is 4.79 Å². The topological polar surface area (TPSA) is 57.2 Å². The van der Waals surface area contributed by atoms with Gasteiger partial charge in [0.15, 0.2) is 0 Å². The molecule has 1 aliphatic heterocycles. The summed E-state index contributed by atoms with van der Waals surface area (Å²) in [6.07, 6.45) is 9.67. The molecule has 1 saturated heterocycles. The van der Waals surface area contributed by atoms with Gasteiger partial charge in [0.2, 0.25) is 0 Å². The second-order valence-electron chi connectivity index (χ2n) is 10.2. The average molecular weight is 504 g/mol. The van der Waals surface area contributed by atoms with E-state index in [4.69, 9.17) is 0 Å². The quantitative estimate of drug-likeness (QED) is 0.313. The number of hydrogen-bond donors (Lipinski definition) is 1. The summed E-state index contributed by atoms with van der Waals surface area (Å²) in [5.41, 5.74) is 5.17. The lowest BCUT2D eigenvalue weighted by molar-refractivity contribution is 0.0664. The van der Waals surface area contributed by atoms with Crippen LogP contribution in [0.2, 0.25) is 0 Å². The number of benzene rings is 3. The van der Waals surface area contributed by atoms with E-state index >= 15 is 0 Å². The van der Waals surface area contributed by atoms with Crippen LogP contribution in [0.3, 0.4) is 0 Å². The van der Waals surface area contributed by atoms with Crippen molar-refractivity contribution in [2.24, 2.45) is 0 Å².